The summed E-state index contributed by atoms with van der Waals surface area (Å²) in [6.45, 7) is 0. The van der Waals surface area contributed by atoms with Crippen LogP contribution in [0.1, 0.15) is 0 Å². The van der Waals surface area contributed by atoms with Gasteiger partial charge in [-0.1, -0.05) is 0 Å². The number of aromatic nitrogens is 2. The minimum atomic E-state index is -0.107. The van der Waals surface area contributed by atoms with E-state index in [0.717, 1.165) is 0 Å². The first-order chi connectivity index (χ1) is 4.20. The van der Waals surface area contributed by atoms with Gasteiger partial charge in [0, 0.05) is 17.6 Å². The van der Waals surface area contributed by atoms with Crippen molar-refractivity contribution >= 4 is 15.9 Å². The van der Waals surface area contributed by atoms with Gasteiger partial charge < -0.3 is 0 Å². The van der Waals surface area contributed by atoms with Gasteiger partial charge in [0.2, 0.25) is 0 Å². The van der Waals surface area contributed by atoms with E-state index in [-0.39, 0.29) is 5.56 Å². The van der Waals surface area contributed by atoms with E-state index in [2.05, 4.69) is 21.0 Å². The number of rotatable bonds is 0. The molecule has 4 heteroatoms. The number of aryl methyl sites for hydroxylation is 1. The highest BCUT2D eigenvalue weighted by atomic mass is 79.9. The van der Waals surface area contributed by atoms with Crippen LogP contribution in [0, 0.1) is 0 Å². The fourth-order valence-electron chi connectivity index (χ4n) is 0.447. The molecule has 1 rings (SSSR count). The fourth-order valence-corrected chi connectivity index (χ4v) is 0.735. The van der Waals surface area contributed by atoms with Crippen LogP contribution in [0.4, 0.5) is 0 Å². The van der Waals surface area contributed by atoms with Crippen LogP contribution in [-0.4, -0.2) is 9.78 Å². The standard InChI is InChI=1S/C5H5BrN2O/c1-8-5(9)2-4(6)3-7-8/h2-3H,1H3. The molecule has 0 bridgehead atoms. The third-order valence-electron chi connectivity index (χ3n) is 0.935. The molecule has 0 aliphatic rings. The summed E-state index contributed by atoms with van der Waals surface area (Å²) < 4.78 is 1.98. The van der Waals surface area contributed by atoms with Crippen molar-refractivity contribution in [3.05, 3.63) is 27.1 Å². The molecule has 0 atom stereocenters. The second-order valence-electron chi connectivity index (χ2n) is 1.64. The molecule has 0 saturated carbocycles. The molecule has 1 aromatic rings. The maximum absolute atomic E-state index is 10.7. The minimum Gasteiger partial charge on any atom is -0.268 e. The van der Waals surface area contributed by atoms with Gasteiger partial charge in [-0.2, -0.15) is 5.10 Å². The molecule has 0 fully saturated rings. The summed E-state index contributed by atoms with van der Waals surface area (Å²) in [4.78, 5) is 10.7. The summed E-state index contributed by atoms with van der Waals surface area (Å²) in [6.07, 6.45) is 1.57. The van der Waals surface area contributed by atoms with Crippen LogP contribution >= 0.6 is 15.9 Å². The summed E-state index contributed by atoms with van der Waals surface area (Å²) in [5.74, 6) is 0. The Morgan fingerprint density at radius 2 is 2.44 bits per heavy atom. The van der Waals surface area contributed by atoms with E-state index in [1.165, 1.54) is 10.7 Å². The lowest BCUT2D eigenvalue weighted by molar-refractivity contribution is 0.704. The molecule has 0 aliphatic carbocycles. The van der Waals surface area contributed by atoms with Gasteiger partial charge >= 0.3 is 0 Å². The molecule has 0 aliphatic heterocycles. The van der Waals surface area contributed by atoms with Gasteiger partial charge in [-0.25, -0.2) is 4.68 Å². The normalized spacial score (nSPS) is 9.56. The maximum atomic E-state index is 10.7. The van der Waals surface area contributed by atoms with Crippen molar-refractivity contribution < 1.29 is 0 Å². The molecule has 1 heterocycles. The Labute approximate surface area is 60.4 Å². The van der Waals surface area contributed by atoms with Crippen molar-refractivity contribution in [2.45, 2.75) is 0 Å². The largest absolute Gasteiger partial charge is 0.268 e. The summed E-state index contributed by atoms with van der Waals surface area (Å²) in [5.41, 5.74) is -0.107. The molecule has 1 aromatic heterocycles. The lowest BCUT2D eigenvalue weighted by Gasteiger charge is -1.91. The Hall–Kier alpha value is -0.640. The number of nitrogens with zero attached hydrogens (tertiary/aromatic N) is 2. The molecule has 3 nitrogen and oxygen atoms in total. The summed E-state index contributed by atoms with van der Waals surface area (Å²) >= 11 is 3.12. The van der Waals surface area contributed by atoms with Crippen molar-refractivity contribution in [3.8, 4) is 0 Å². The van der Waals surface area contributed by atoms with Gasteiger partial charge in [-0.05, 0) is 15.9 Å². The molecule has 0 unspecified atom stereocenters. The summed E-state index contributed by atoms with van der Waals surface area (Å²) in [6, 6.07) is 1.47. The first-order valence-electron chi connectivity index (χ1n) is 2.39. The Kier molecular flexibility index (Phi) is 1.66. The van der Waals surface area contributed by atoms with E-state index in [0.29, 0.717) is 4.47 Å². The van der Waals surface area contributed by atoms with E-state index in [9.17, 15) is 4.79 Å². The van der Waals surface area contributed by atoms with Crippen LogP contribution in [0.5, 0.6) is 0 Å². The highest BCUT2D eigenvalue weighted by molar-refractivity contribution is 9.10. The first kappa shape index (κ1) is 6.48. The highest BCUT2D eigenvalue weighted by Crippen LogP contribution is 2.00. The fraction of sp³-hybridized carbons (Fsp3) is 0.200. The Bertz CT molecular complexity index is 268. The predicted octanol–water partition coefficient (Wildman–Crippen LogP) is 0.543. The molecule has 0 aromatic carbocycles. The van der Waals surface area contributed by atoms with Crippen LogP contribution in [0.25, 0.3) is 0 Å². The van der Waals surface area contributed by atoms with E-state index in [1.54, 1.807) is 13.2 Å². The van der Waals surface area contributed by atoms with Crippen LogP contribution in [0.15, 0.2) is 21.5 Å². The monoisotopic (exact) mass is 188 g/mol. The van der Waals surface area contributed by atoms with Crippen LogP contribution in [-0.2, 0) is 7.05 Å². The molecule has 0 saturated heterocycles. The first-order valence-corrected chi connectivity index (χ1v) is 3.18. The topological polar surface area (TPSA) is 34.9 Å². The SMILES string of the molecule is Cn1ncc(Br)cc1=O. The van der Waals surface area contributed by atoms with Gasteiger partial charge in [0.25, 0.3) is 5.56 Å². The lowest BCUT2D eigenvalue weighted by atomic mass is 10.6. The quantitative estimate of drug-likeness (QED) is 0.597. The van der Waals surface area contributed by atoms with Gasteiger partial charge in [-0.15, -0.1) is 0 Å². The van der Waals surface area contributed by atoms with Gasteiger partial charge in [0.1, 0.15) is 0 Å². The molecule has 0 radical (unpaired) electrons. The minimum absolute atomic E-state index is 0.107. The smallest absolute Gasteiger partial charge is 0.267 e. The maximum Gasteiger partial charge on any atom is 0.267 e. The zero-order chi connectivity index (χ0) is 6.85. The predicted molar refractivity (Wildman–Crippen MR) is 37.2 cm³/mol. The zero-order valence-corrected chi connectivity index (χ0v) is 6.42. The van der Waals surface area contributed by atoms with Crippen LogP contribution < -0.4 is 5.56 Å². The average molecular weight is 189 g/mol. The summed E-state index contributed by atoms with van der Waals surface area (Å²) in [7, 11) is 1.61. The van der Waals surface area contributed by atoms with E-state index >= 15 is 0 Å². The van der Waals surface area contributed by atoms with Crippen molar-refractivity contribution in [1.82, 2.24) is 9.78 Å². The molecular weight excluding hydrogens is 184 g/mol. The number of hydrogen-bond acceptors (Lipinski definition) is 2. The highest BCUT2D eigenvalue weighted by Gasteiger charge is 1.89. The van der Waals surface area contributed by atoms with Gasteiger partial charge in [0.15, 0.2) is 0 Å². The zero-order valence-electron chi connectivity index (χ0n) is 4.84. The van der Waals surface area contributed by atoms with E-state index < -0.39 is 0 Å². The second kappa shape index (κ2) is 2.31. The Morgan fingerprint density at radius 3 is 2.89 bits per heavy atom. The Morgan fingerprint density at radius 1 is 1.78 bits per heavy atom. The molecule has 48 valence electrons. The van der Waals surface area contributed by atoms with Crippen LogP contribution in [0.2, 0.25) is 0 Å². The number of halogens is 1. The molecular formula is C5H5BrN2O. The van der Waals surface area contributed by atoms with Gasteiger partial charge in [-0.3, -0.25) is 4.79 Å². The van der Waals surface area contributed by atoms with E-state index in [1.807, 2.05) is 0 Å². The number of hydrogen-bond donors (Lipinski definition) is 0. The summed E-state index contributed by atoms with van der Waals surface area (Å²) in [5, 5.41) is 3.74. The van der Waals surface area contributed by atoms with Crippen molar-refractivity contribution in [2.24, 2.45) is 7.05 Å². The van der Waals surface area contributed by atoms with Crippen LogP contribution in [0.3, 0.4) is 0 Å². The van der Waals surface area contributed by atoms with E-state index in [4.69, 9.17) is 0 Å². The lowest BCUT2D eigenvalue weighted by Crippen LogP contribution is -2.17. The van der Waals surface area contributed by atoms with Gasteiger partial charge in [0.05, 0.1) is 6.20 Å². The van der Waals surface area contributed by atoms with Crippen molar-refractivity contribution in [2.75, 3.05) is 0 Å². The molecule has 9 heavy (non-hydrogen) atoms. The average Bonchev–Trinajstić information content (AvgIpc) is 1.80. The second-order valence-corrected chi connectivity index (χ2v) is 2.55. The Balaban J connectivity index is 3.34. The molecule has 0 N–H and O–H groups in total. The molecule has 0 amide bonds. The van der Waals surface area contributed by atoms with Crippen molar-refractivity contribution in [3.63, 3.8) is 0 Å². The van der Waals surface area contributed by atoms with Crippen molar-refractivity contribution in [1.29, 1.82) is 0 Å². The third kappa shape index (κ3) is 1.38. The third-order valence-corrected chi connectivity index (χ3v) is 1.37. The molecule has 0 spiro atoms.